The molecule has 15 heavy (non-hydrogen) atoms. The number of nitrogens with one attached hydrogen (secondary N) is 1. The van der Waals surface area contributed by atoms with Gasteiger partial charge in [-0.15, -0.1) is 0 Å². The van der Waals surface area contributed by atoms with Gasteiger partial charge in [0.1, 0.15) is 0 Å². The van der Waals surface area contributed by atoms with Gasteiger partial charge in [0, 0.05) is 11.6 Å². The minimum absolute atomic E-state index is 0.0338. The molecule has 1 fully saturated rings. The number of amides is 1. The van der Waals surface area contributed by atoms with Crippen molar-refractivity contribution in [3.8, 4) is 0 Å². The Kier molecular flexibility index (Phi) is 4.61. The smallest absolute Gasteiger partial charge is 0.227 e. The number of carbonyl (C=O) groups excluding carboxylic acids is 1. The van der Waals surface area contributed by atoms with Gasteiger partial charge in [0.15, 0.2) is 0 Å². The fraction of sp³-hybridized carbons (Fsp3) is 0.727. The summed E-state index contributed by atoms with van der Waals surface area (Å²) in [7, 11) is 0. The van der Waals surface area contributed by atoms with E-state index in [1.807, 2.05) is 0 Å². The molecule has 1 saturated carbocycles. The van der Waals surface area contributed by atoms with E-state index in [2.05, 4.69) is 11.9 Å². The fourth-order valence-electron chi connectivity index (χ4n) is 2.12. The Morgan fingerprint density at radius 3 is 2.47 bits per heavy atom. The molecule has 0 radical (unpaired) electrons. The molecule has 0 spiro atoms. The van der Waals surface area contributed by atoms with Crippen LogP contribution < -0.4 is 11.1 Å². The fourth-order valence-corrected chi connectivity index (χ4v) is 2.18. The summed E-state index contributed by atoms with van der Waals surface area (Å²) in [6.45, 7) is 4.30. The quantitative estimate of drug-likeness (QED) is 0.774. The molecular weight excluding hydrogens is 212 g/mol. The van der Waals surface area contributed by atoms with Gasteiger partial charge in [-0.25, -0.2) is 0 Å². The normalized spacial score (nSPS) is 19.6. The first-order valence-electron chi connectivity index (χ1n) is 5.42. The van der Waals surface area contributed by atoms with Crippen molar-refractivity contribution in [1.29, 1.82) is 0 Å². The Labute approximate surface area is 96.0 Å². The molecule has 0 atom stereocenters. The van der Waals surface area contributed by atoms with Gasteiger partial charge in [0.25, 0.3) is 0 Å². The first kappa shape index (κ1) is 12.5. The van der Waals surface area contributed by atoms with Gasteiger partial charge >= 0.3 is 0 Å². The highest BCUT2D eigenvalue weighted by Gasteiger charge is 2.37. The van der Waals surface area contributed by atoms with Gasteiger partial charge in [-0.05, 0) is 12.8 Å². The Morgan fingerprint density at radius 1 is 1.40 bits per heavy atom. The molecule has 1 rings (SSSR count). The van der Waals surface area contributed by atoms with E-state index in [9.17, 15) is 4.79 Å². The zero-order valence-electron chi connectivity index (χ0n) is 9.02. The number of halogens is 1. The van der Waals surface area contributed by atoms with E-state index in [1.165, 1.54) is 6.42 Å². The van der Waals surface area contributed by atoms with Crippen molar-refractivity contribution in [3.63, 3.8) is 0 Å². The molecule has 1 amide bonds. The van der Waals surface area contributed by atoms with E-state index in [4.69, 9.17) is 17.3 Å². The Bertz CT molecular complexity index is 247. The lowest BCUT2D eigenvalue weighted by Gasteiger charge is -2.34. The van der Waals surface area contributed by atoms with Gasteiger partial charge < -0.3 is 11.1 Å². The standard InChI is InChI=1S/C11H19ClN2O/c1-9(12)7-14-10(15)11(8-13)5-3-2-4-6-11/h1-8,13H2,(H,14,15). The lowest BCUT2D eigenvalue weighted by molar-refractivity contribution is -0.132. The summed E-state index contributed by atoms with van der Waals surface area (Å²) in [5.74, 6) is 0.0338. The summed E-state index contributed by atoms with van der Waals surface area (Å²) in [5, 5.41) is 3.24. The molecule has 0 aromatic carbocycles. The molecule has 0 aromatic rings. The minimum Gasteiger partial charge on any atom is -0.351 e. The van der Waals surface area contributed by atoms with Crippen molar-refractivity contribution in [1.82, 2.24) is 5.32 Å². The summed E-state index contributed by atoms with van der Waals surface area (Å²) >= 11 is 5.61. The molecule has 3 nitrogen and oxygen atoms in total. The van der Waals surface area contributed by atoms with E-state index in [1.54, 1.807) is 0 Å². The SMILES string of the molecule is C=C(Cl)CNC(=O)C1(CN)CCCCC1. The van der Waals surface area contributed by atoms with Gasteiger partial charge in [0.2, 0.25) is 5.91 Å². The second-order valence-electron chi connectivity index (χ2n) is 4.25. The van der Waals surface area contributed by atoms with Gasteiger partial charge in [-0.2, -0.15) is 0 Å². The lowest BCUT2D eigenvalue weighted by Crippen LogP contribution is -2.47. The second-order valence-corrected chi connectivity index (χ2v) is 4.78. The first-order chi connectivity index (χ1) is 7.10. The third kappa shape index (κ3) is 3.21. The highest BCUT2D eigenvalue weighted by molar-refractivity contribution is 6.29. The Balaban J connectivity index is 2.55. The molecule has 4 heteroatoms. The van der Waals surface area contributed by atoms with Crippen LogP contribution in [0.5, 0.6) is 0 Å². The first-order valence-corrected chi connectivity index (χ1v) is 5.80. The summed E-state index contributed by atoms with van der Waals surface area (Å²) in [4.78, 5) is 12.0. The van der Waals surface area contributed by atoms with Crippen LogP contribution in [0, 0.1) is 5.41 Å². The average molecular weight is 231 g/mol. The van der Waals surface area contributed by atoms with E-state index >= 15 is 0 Å². The van der Waals surface area contributed by atoms with Crippen LogP contribution in [0.25, 0.3) is 0 Å². The number of hydrogen-bond donors (Lipinski definition) is 2. The molecule has 0 unspecified atom stereocenters. The molecule has 86 valence electrons. The van der Waals surface area contributed by atoms with Crippen molar-refractivity contribution in [2.24, 2.45) is 11.1 Å². The highest BCUT2D eigenvalue weighted by atomic mass is 35.5. The molecule has 0 aromatic heterocycles. The van der Waals surface area contributed by atoms with Crippen molar-refractivity contribution < 1.29 is 4.79 Å². The second kappa shape index (κ2) is 5.52. The predicted molar refractivity (Wildman–Crippen MR) is 62.6 cm³/mol. The highest BCUT2D eigenvalue weighted by Crippen LogP contribution is 2.35. The van der Waals surface area contributed by atoms with Crippen molar-refractivity contribution in [2.45, 2.75) is 32.1 Å². The van der Waals surface area contributed by atoms with Crippen LogP contribution in [-0.2, 0) is 4.79 Å². The third-order valence-corrected chi connectivity index (χ3v) is 3.26. The molecule has 0 heterocycles. The molecular formula is C11H19ClN2O. The molecule has 0 bridgehead atoms. The van der Waals surface area contributed by atoms with Gasteiger partial charge in [-0.3, -0.25) is 4.79 Å². The zero-order chi connectivity index (χ0) is 11.3. The summed E-state index contributed by atoms with van der Waals surface area (Å²) < 4.78 is 0. The zero-order valence-corrected chi connectivity index (χ0v) is 9.78. The maximum Gasteiger partial charge on any atom is 0.227 e. The van der Waals surface area contributed by atoms with E-state index in [0.717, 1.165) is 25.7 Å². The molecule has 1 aliphatic carbocycles. The van der Waals surface area contributed by atoms with E-state index in [-0.39, 0.29) is 11.3 Å². The average Bonchev–Trinajstić information content (AvgIpc) is 2.26. The number of hydrogen-bond acceptors (Lipinski definition) is 2. The van der Waals surface area contributed by atoms with Crippen LogP contribution >= 0.6 is 11.6 Å². The number of rotatable bonds is 4. The number of carbonyl (C=O) groups is 1. The minimum atomic E-state index is -0.357. The van der Waals surface area contributed by atoms with Crippen molar-refractivity contribution >= 4 is 17.5 Å². The largest absolute Gasteiger partial charge is 0.351 e. The van der Waals surface area contributed by atoms with Crippen LogP contribution in [0.3, 0.4) is 0 Å². The van der Waals surface area contributed by atoms with Crippen LogP contribution in [0.1, 0.15) is 32.1 Å². The number of nitrogens with two attached hydrogens (primary N) is 1. The van der Waals surface area contributed by atoms with Crippen molar-refractivity contribution in [3.05, 3.63) is 11.6 Å². The van der Waals surface area contributed by atoms with Crippen molar-refractivity contribution in [2.75, 3.05) is 13.1 Å². The van der Waals surface area contributed by atoms with E-state index in [0.29, 0.717) is 18.1 Å². The van der Waals surface area contributed by atoms with Gasteiger partial charge in [0.05, 0.1) is 12.0 Å². The lowest BCUT2D eigenvalue weighted by atomic mass is 9.73. The summed E-state index contributed by atoms with van der Waals surface area (Å²) in [6, 6.07) is 0. The predicted octanol–water partition coefficient (Wildman–Crippen LogP) is 1.76. The third-order valence-electron chi connectivity index (χ3n) is 3.12. The monoisotopic (exact) mass is 230 g/mol. The summed E-state index contributed by atoms with van der Waals surface area (Å²) in [6.07, 6.45) is 5.17. The van der Waals surface area contributed by atoms with Crippen LogP contribution in [0.15, 0.2) is 11.6 Å². The topological polar surface area (TPSA) is 55.1 Å². The van der Waals surface area contributed by atoms with E-state index < -0.39 is 0 Å². The molecule has 0 saturated heterocycles. The summed E-state index contributed by atoms with van der Waals surface area (Å²) in [5.41, 5.74) is 5.37. The maximum atomic E-state index is 12.0. The van der Waals surface area contributed by atoms with Crippen LogP contribution in [-0.4, -0.2) is 19.0 Å². The van der Waals surface area contributed by atoms with Crippen LogP contribution in [0.4, 0.5) is 0 Å². The maximum absolute atomic E-state index is 12.0. The Hall–Kier alpha value is -0.540. The molecule has 3 N–H and O–H groups in total. The Morgan fingerprint density at radius 2 is 2.00 bits per heavy atom. The van der Waals surface area contributed by atoms with Gasteiger partial charge in [-0.1, -0.05) is 37.4 Å². The molecule has 0 aliphatic heterocycles. The van der Waals surface area contributed by atoms with Crippen LogP contribution in [0.2, 0.25) is 0 Å². The molecule has 1 aliphatic rings.